The van der Waals surface area contributed by atoms with Crippen LogP contribution in [0.3, 0.4) is 0 Å². The van der Waals surface area contributed by atoms with Gasteiger partial charge in [-0.15, -0.1) is 0 Å². The summed E-state index contributed by atoms with van der Waals surface area (Å²) < 4.78 is 47.8. The molecule has 0 saturated heterocycles. The highest BCUT2D eigenvalue weighted by atomic mass is 19.4. The van der Waals surface area contributed by atoms with E-state index in [-0.39, 0.29) is 24.7 Å². The third-order valence-corrected chi connectivity index (χ3v) is 3.64. The predicted octanol–water partition coefficient (Wildman–Crippen LogP) is 4.17. The number of aromatic nitrogens is 1. The zero-order chi connectivity index (χ0) is 19.3. The van der Waals surface area contributed by atoms with Gasteiger partial charge in [-0.2, -0.15) is 13.2 Å². The number of nitrogens with one attached hydrogen (secondary N) is 1. The zero-order valence-corrected chi connectivity index (χ0v) is 14.0. The Morgan fingerprint density at radius 2 is 1.78 bits per heavy atom. The second-order valence-electron chi connectivity index (χ2n) is 5.57. The second kappa shape index (κ2) is 7.94. The minimum Gasteiger partial charge on any atom is -0.492 e. The largest absolute Gasteiger partial charge is 0.492 e. The number of carbonyl (C=O) groups is 1. The van der Waals surface area contributed by atoms with Crippen molar-refractivity contribution in [3.05, 3.63) is 72.0 Å². The van der Waals surface area contributed by atoms with E-state index < -0.39 is 17.6 Å². The molecule has 1 aromatic heterocycles. The van der Waals surface area contributed by atoms with Crippen LogP contribution in [0.15, 0.2) is 65.2 Å². The van der Waals surface area contributed by atoms with E-state index in [1.165, 1.54) is 18.2 Å². The Morgan fingerprint density at radius 1 is 1.07 bits per heavy atom. The Balaban J connectivity index is 1.47. The maximum atomic E-state index is 12.5. The molecule has 1 heterocycles. The van der Waals surface area contributed by atoms with Gasteiger partial charge < -0.3 is 14.6 Å². The van der Waals surface area contributed by atoms with Gasteiger partial charge in [-0.1, -0.05) is 35.5 Å². The summed E-state index contributed by atoms with van der Waals surface area (Å²) in [5, 5.41) is 6.44. The number of halogens is 3. The lowest BCUT2D eigenvalue weighted by Gasteiger charge is -2.09. The van der Waals surface area contributed by atoms with E-state index in [0.29, 0.717) is 5.69 Å². The van der Waals surface area contributed by atoms with Crippen molar-refractivity contribution in [2.24, 2.45) is 0 Å². The van der Waals surface area contributed by atoms with Gasteiger partial charge in [-0.25, -0.2) is 0 Å². The van der Waals surface area contributed by atoms with E-state index >= 15 is 0 Å². The number of hydrogen-bond acceptors (Lipinski definition) is 4. The summed E-state index contributed by atoms with van der Waals surface area (Å²) in [6.45, 7) is 0.248. The smallest absolute Gasteiger partial charge is 0.416 e. The van der Waals surface area contributed by atoms with E-state index in [9.17, 15) is 18.0 Å². The molecule has 27 heavy (non-hydrogen) atoms. The molecule has 0 saturated carbocycles. The maximum Gasteiger partial charge on any atom is 0.416 e. The maximum absolute atomic E-state index is 12.5. The van der Waals surface area contributed by atoms with Crippen LogP contribution in [0.5, 0.6) is 5.75 Å². The molecule has 3 aromatic rings. The number of carbonyl (C=O) groups excluding carboxylic acids is 1. The molecule has 2 aromatic carbocycles. The van der Waals surface area contributed by atoms with Gasteiger partial charge in [-0.3, -0.25) is 4.79 Å². The summed E-state index contributed by atoms with van der Waals surface area (Å²) in [5.74, 6) is -0.118. The summed E-state index contributed by atoms with van der Waals surface area (Å²) in [4.78, 5) is 12.0. The van der Waals surface area contributed by atoms with Crippen molar-refractivity contribution < 1.29 is 27.2 Å². The molecule has 0 aliphatic carbocycles. The number of ether oxygens (including phenoxy) is 1. The minimum absolute atomic E-state index is 0.0587. The van der Waals surface area contributed by atoms with E-state index in [2.05, 4.69) is 10.5 Å². The summed E-state index contributed by atoms with van der Waals surface area (Å²) in [6, 6.07) is 15.1. The average Bonchev–Trinajstić information content (AvgIpc) is 3.16. The lowest BCUT2D eigenvalue weighted by atomic mass is 10.1. The molecule has 0 fully saturated rings. The van der Waals surface area contributed by atoms with E-state index in [1.807, 2.05) is 30.3 Å². The van der Waals surface area contributed by atoms with Crippen LogP contribution in [0.25, 0.3) is 11.3 Å². The van der Waals surface area contributed by atoms with Gasteiger partial charge in [0.2, 0.25) is 5.76 Å². The Labute approximate surface area is 152 Å². The monoisotopic (exact) mass is 376 g/mol. The first-order chi connectivity index (χ1) is 12.9. The van der Waals surface area contributed by atoms with Crippen molar-refractivity contribution in [1.29, 1.82) is 0 Å². The molecule has 0 aliphatic rings. The van der Waals surface area contributed by atoms with Gasteiger partial charge in [0.15, 0.2) is 0 Å². The number of nitrogens with zero attached hydrogens (tertiary/aromatic N) is 1. The molecule has 0 atom stereocenters. The molecular weight excluding hydrogens is 361 g/mol. The first kappa shape index (κ1) is 18.5. The lowest BCUT2D eigenvalue weighted by molar-refractivity contribution is -0.137. The Morgan fingerprint density at radius 3 is 2.44 bits per heavy atom. The molecule has 0 radical (unpaired) electrons. The van der Waals surface area contributed by atoms with Crippen LogP contribution in [0.1, 0.15) is 16.1 Å². The van der Waals surface area contributed by atoms with Crippen LogP contribution in [-0.4, -0.2) is 24.2 Å². The molecular formula is C19H15F3N2O3. The molecule has 0 spiro atoms. The van der Waals surface area contributed by atoms with Crippen LogP contribution in [0, 0.1) is 0 Å². The SMILES string of the molecule is O=C(NCCOc1ccc(C(F)(F)F)cc1)c1cc(-c2ccccc2)no1. The van der Waals surface area contributed by atoms with Crippen molar-refractivity contribution in [3.8, 4) is 17.0 Å². The van der Waals surface area contributed by atoms with E-state index in [1.54, 1.807) is 0 Å². The van der Waals surface area contributed by atoms with E-state index in [4.69, 9.17) is 9.26 Å². The highest BCUT2D eigenvalue weighted by Gasteiger charge is 2.30. The average molecular weight is 376 g/mol. The second-order valence-corrected chi connectivity index (χ2v) is 5.57. The first-order valence-corrected chi connectivity index (χ1v) is 8.04. The molecule has 1 amide bonds. The van der Waals surface area contributed by atoms with Crippen LogP contribution in [0.4, 0.5) is 13.2 Å². The fraction of sp³-hybridized carbons (Fsp3) is 0.158. The highest BCUT2D eigenvalue weighted by Crippen LogP contribution is 2.30. The Bertz CT molecular complexity index is 891. The summed E-state index contributed by atoms with van der Waals surface area (Å²) in [6.07, 6.45) is -4.39. The Kier molecular flexibility index (Phi) is 5.44. The van der Waals surface area contributed by atoms with Crippen molar-refractivity contribution in [2.75, 3.05) is 13.2 Å². The van der Waals surface area contributed by atoms with Gasteiger partial charge in [0.25, 0.3) is 5.91 Å². The quantitative estimate of drug-likeness (QED) is 0.656. The topological polar surface area (TPSA) is 64.4 Å². The van der Waals surface area contributed by atoms with Gasteiger partial charge in [-0.05, 0) is 24.3 Å². The summed E-state index contributed by atoms with van der Waals surface area (Å²) >= 11 is 0. The molecule has 0 aliphatic heterocycles. The van der Waals surface area contributed by atoms with E-state index in [0.717, 1.165) is 17.7 Å². The summed E-state index contributed by atoms with van der Waals surface area (Å²) in [5.41, 5.74) is 0.621. The number of amides is 1. The number of rotatable bonds is 6. The fourth-order valence-electron chi connectivity index (χ4n) is 2.29. The first-order valence-electron chi connectivity index (χ1n) is 8.04. The van der Waals surface area contributed by atoms with Crippen LogP contribution < -0.4 is 10.1 Å². The molecule has 5 nitrogen and oxygen atoms in total. The molecule has 0 unspecified atom stereocenters. The zero-order valence-electron chi connectivity index (χ0n) is 14.0. The number of benzene rings is 2. The highest BCUT2D eigenvalue weighted by molar-refractivity contribution is 5.92. The predicted molar refractivity (Wildman–Crippen MR) is 91.2 cm³/mol. The van der Waals surface area contributed by atoms with Crippen molar-refractivity contribution in [2.45, 2.75) is 6.18 Å². The van der Waals surface area contributed by atoms with Crippen LogP contribution in [0.2, 0.25) is 0 Å². The lowest BCUT2D eigenvalue weighted by Crippen LogP contribution is -2.27. The normalized spacial score (nSPS) is 11.2. The third-order valence-electron chi connectivity index (χ3n) is 3.64. The standard InChI is InChI=1S/C19H15F3N2O3/c20-19(21,22)14-6-8-15(9-7-14)26-11-10-23-18(25)17-12-16(24-27-17)13-4-2-1-3-5-13/h1-9,12H,10-11H2,(H,23,25). The molecule has 8 heteroatoms. The Hall–Kier alpha value is -3.29. The third kappa shape index (κ3) is 4.87. The van der Waals surface area contributed by atoms with Crippen LogP contribution in [-0.2, 0) is 6.18 Å². The summed E-state index contributed by atoms with van der Waals surface area (Å²) in [7, 11) is 0. The van der Waals surface area contributed by atoms with Gasteiger partial charge in [0.1, 0.15) is 18.1 Å². The molecule has 0 bridgehead atoms. The number of hydrogen-bond donors (Lipinski definition) is 1. The van der Waals surface area contributed by atoms with Crippen molar-refractivity contribution >= 4 is 5.91 Å². The van der Waals surface area contributed by atoms with Crippen molar-refractivity contribution in [1.82, 2.24) is 10.5 Å². The van der Waals surface area contributed by atoms with Gasteiger partial charge in [0.05, 0.1) is 12.1 Å². The van der Waals surface area contributed by atoms with Crippen LogP contribution >= 0.6 is 0 Å². The van der Waals surface area contributed by atoms with Gasteiger partial charge in [0, 0.05) is 11.6 Å². The van der Waals surface area contributed by atoms with Gasteiger partial charge >= 0.3 is 6.18 Å². The minimum atomic E-state index is -4.39. The molecule has 3 rings (SSSR count). The molecule has 1 N–H and O–H groups in total. The fourth-order valence-corrected chi connectivity index (χ4v) is 2.29. The number of alkyl halides is 3. The molecule has 140 valence electrons. The van der Waals surface area contributed by atoms with Crippen molar-refractivity contribution in [3.63, 3.8) is 0 Å².